The molecule has 1 aromatic carbocycles. The lowest BCUT2D eigenvalue weighted by atomic mass is 10.2. The molecule has 0 N–H and O–H groups in total. The minimum atomic E-state index is -0.623. The highest BCUT2D eigenvalue weighted by Gasteiger charge is 2.52. The molecule has 0 amide bonds. The number of carbonyl (C=O) groups excluding carboxylic acids is 1. The average molecular weight is 339 g/mol. The van der Waals surface area contributed by atoms with Crippen molar-refractivity contribution < 1.29 is 19.0 Å². The van der Waals surface area contributed by atoms with Gasteiger partial charge in [0.2, 0.25) is 5.90 Å². The molecule has 1 heterocycles. The van der Waals surface area contributed by atoms with Gasteiger partial charge in [-0.1, -0.05) is 30.4 Å². The van der Waals surface area contributed by atoms with E-state index in [1.54, 1.807) is 0 Å². The van der Waals surface area contributed by atoms with Crippen LogP contribution in [0.1, 0.15) is 25.7 Å². The summed E-state index contributed by atoms with van der Waals surface area (Å²) >= 11 is 0. The highest BCUT2D eigenvalue weighted by Crippen LogP contribution is 2.30. The second-order valence-electron chi connectivity index (χ2n) is 6.41. The fraction of sp³-hybridized carbons (Fsp3) is 0.400. The third-order valence-corrected chi connectivity index (χ3v) is 4.44. The number of carbonyl (C=O) groups is 1. The van der Waals surface area contributed by atoms with Gasteiger partial charge in [0, 0.05) is 0 Å². The average Bonchev–Trinajstić information content (AvgIpc) is 2.99. The summed E-state index contributed by atoms with van der Waals surface area (Å²) in [7, 11) is 0. The molecule has 0 bridgehead atoms. The van der Waals surface area contributed by atoms with Crippen molar-refractivity contribution in [3.05, 3.63) is 54.6 Å². The first kappa shape index (κ1) is 16.1. The van der Waals surface area contributed by atoms with Crippen molar-refractivity contribution in [1.82, 2.24) is 0 Å². The standard InChI is InChI=1S/C20H21NO4/c22-20(24-16-12-6-7-13-16)18-17(25-18)19(23-15-10-4-5-11-15)21-14-8-2-1-3-9-14/h1-4,6,8-10,12,15-18H,5,7,11,13H2. The Kier molecular flexibility index (Phi) is 4.65. The molecule has 1 aromatic rings. The molecule has 0 saturated carbocycles. The number of ether oxygens (including phenoxy) is 3. The molecule has 2 aliphatic carbocycles. The van der Waals surface area contributed by atoms with E-state index < -0.39 is 12.2 Å². The highest BCUT2D eigenvalue weighted by molar-refractivity contribution is 5.94. The number of rotatable bonds is 5. The SMILES string of the molecule is O=C(OC1C=CCC1)C1OC1C(=Nc1ccccc1)OC1C=CCC1. The van der Waals surface area contributed by atoms with Crippen LogP contribution < -0.4 is 0 Å². The molecule has 4 unspecified atom stereocenters. The van der Waals surface area contributed by atoms with E-state index in [1.807, 2.05) is 48.6 Å². The molecule has 4 rings (SSSR count). The number of nitrogens with zero attached hydrogens (tertiary/aromatic N) is 1. The van der Waals surface area contributed by atoms with Crippen LogP contribution in [0.4, 0.5) is 5.69 Å². The van der Waals surface area contributed by atoms with E-state index >= 15 is 0 Å². The second kappa shape index (κ2) is 7.23. The number of hydrogen-bond donors (Lipinski definition) is 0. The Morgan fingerprint density at radius 3 is 2.28 bits per heavy atom. The van der Waals surface area contributed by atoms with Gasteiger partial charge in [-0.25, -0.2) is 9.79 Å². The van der Waals surface area contributed by atoms with Crippen molar-refractivity contribution in [2.45, 2.75) is 50.1 Å². The van der Waals surface area contributed by atoms with Gasteiger partial charge in [-0.3, -0.25) is 0 Å². The van der Waals surface area contributed by atoms with E-state index in [0.29, 0.717) is 5.90 Å². The molecule has 25 heavy (non-hydrogen) atoms. The monoisotopic (exact) mass is 339 g/mol. The van der Waals surface area contributed by atoms with Gasteiger partial charge in [0.1, 0.15) is 12.2 Å². The second-order valence-corrected chi connectivity index (χ2v) is 6.41. The zero-order chi connectivity index (χ0) is 17.1. The summed E-state index contributed by atoms with van der Waals surface area (Å²) in [6, 6.07) is 9.55. The molecular formula is C20H21NO4. The maximum atomic E-state index is 12.3. The quantitative estimate of drug-likeness (QED) is 0.271. The summed E-state index contributed by atoms with van der Waals surface area (Å²) < 4.78 is 17.0. The molecule has 0 aromatic heterocycles. The fourth-order valence-corrected chi connectivity index (χ4v) is 3.04. The third-order valence-electron chi connectivity index (χ3n) is 4.44. The van der Waals surface area contributed by atoms with Crippen LogP contribution in [0, 0.1) is 0 Å². The first-order valence-corrected chi connectivity index (χ1v) is 8.79. The van der Waals surface area contributed by atoms with Crippen LogP contribution in [0.2, 0.25) is 0 Å². The molecule has 4 atom stereocenters. The maximum absolute atomic E-state index is 12.3. The molecule has 0 radical (unpaired) electrons. The minimum absolute atomic E-state index is 0.0129. The fourth-order valence-electron chi connectivity index (χ4n) is 3.04. The summed E-state index contributed by atoms with van der Waals surface area (Å²) in [6.45, 7) is 0. The Morgan fingerprint density at radius 2 is 1.64 bits per heavy atom. The lowest BCUT2D eigenvalue weighted by Crippen LogP contribution is -2.25. The van der Waals surface area contributed by atoms with Crippen LogP contribution in [0.15, 0.2) is 59.6 Å². The van der Waals surface area contributed by atoms with Gasteiger partial charge < -0.3 is 14.2 Å². The van der Waals surface area contributed by atoms with E-state index in [1.165, 1.54) is 0 Å². The number of aliphatic imine (C=N–C) groups is 1. The van der Waals surface area contributed by atoms with Gasteiger partial charge in [0.25, 0.3) is 0 Å². The van der Waals surface area contributed by atoms with Crippen molar-refractivity contribution >= 4 is 17.6 Å². The van der Waals surface area contributed by atoms with E-state index in [0.717, 1.165) is 31.4 Å². The van der Waals surface area contributed by atoms with Crippen molar-refractivity contribution in [2.75, 3.05) is 0 Å². The van der Waals surface area contributed by atoms with E-state index in [9.17, 15) is 4.79 Å². The molecule has 3 aliphatic rings. The summed E-state index contributed by atoms with van der Waals surface area (Å²) in [6.07, 6.45) is 10.5. The maximum Gasteiger partial charge on any atom is 0.339 e. The van der Waals surface area contributed by atoms with Gasteiger partial charge in [-0.2, -0.15) is 0 Å². The summed E-state index contributed by atoms with van der Waals surface area (Å²) in [5.41, 5.74) is 0.779. The molecule has 1 aliphatic heterocycles. The Morgan fingerprint density at radius 1 is 0.960 bits per heavy atom. The molecule has 0 spiro atoms. The van der Waals surface area contributed by atoms with Crippen LogP contribution in [0.3, 0.4) is 0 Å². The Labute approximate surface area is 147 Å². The highest BCUT2D eigenvalue weighted by atomic mass is 16.7. The van der Waals surface area contributed by atoms with E-state index in [2.05, 4.69) is 11.1 Å². The van der Waals surface area contributed by atoms with Gasteiger partial charge in [0.05, 0.1) is 5.69 Å². The van der Waals surface area contributed by atoms with Gasteiger partial charge >= 0.3 is 5.97 Å². The smallest absolute Gasteiger partial charge is 0.339 e. The normalized spacial score (nSPS) is 30.5. The lowest BCUT2D eigenvalue weighted by molar-refractivity contribution is -0.148. The molecular weight excluding hydrogens is 318 g/mol. The van der Waals surface area contributed by atoms with Crippen LogP contribution in [-0.2, 0) is 19.0 Å². The number of benzene rings is 1. The number of epoxide rings is 1. The minimum Gasteiger partial charge on any atom is -0.471 e. The predicted octanol–water partition coefficient (Wildman–Crippen LogP) is 3.48. The van der Waals surface area contributed by atoms with E-state index in [-0.39, 0.29) is 18.2 Å². The Balaban J connectivity index is 1.45. The lowest BCUT2D eigenvalue weighted by Gasteiger charge is -2.13. The molecule has 130 valence electrons. The first-order chi connectivity index (χ1) is 12.3. The summed E-state index contributed by atoms with van der Waals surface area (Å²) in [4.78, 5) is 16.8. The predicted molar refractivity (Wildman–Crippen MR) is 93.7 cm³/mol. The first-order valence-electron chi connectivity index (χ1n) is 8.79. The van der Waals surface area contributed by atoms with Crippen molar-refractivity contribution in [1.29, 1.82) is 0 Å². The zero-order valence-electron chi connectivity index (χ0n) is 13.9. The number of hydrogen-bond acceptors (Lipinski definition) is 5. The largest absolute Gasteiger partial charge is 0.471 e. The zero-order valence-corrected chi connectivity index (χ0v) is 13.9. The van der Waals surface area contributed by atoms with Crippen LogP contribution in [0.25, 0.3) is 0 Å². The molecule has 5 nitrogen and oxygen atoms in total. The number of allylic oxidation sites excluding steroid dienone is 2. The van der Waals surface area contributed by atoms with Gasteiger partial charge in [0.15, 0.2) is 12.2 Å². The van der Waals surface area contributed by atoms with Crippen LogP contribution in [-0.4, -0.2) is 36.3 Å². The van der Waals surface area contributed by atoms with Gasteiger partial charge in [-0.15, -0.1) is 0 Å². The van der Waals surface area contributed by atoms with Crippen molar-refractivity contribution in [3.63, 3.8) is 0 Å². The molecule has 1 saturated heterocycles. The topological polar surface area (TPSA) is 60.4 Å². The molecule has 1 fully saturated rings. The van der Waals surface area contributed by atoms with E-state index in [4.69, 9.17) is 14.2 Å². The Bertz CT molecular complexity index is 710. The van der Waals surface area contributed by atoms with Crippen LogP contribution >= 0.6 is 0 Å². The van der Waals surface area contributed by atoms with Gasteiger partial charge in [-0.05, 0) is 50.0 Å². The Hall–Kier alpha value is -2.40. The third kappa shape index (κ3) is 3.99. The summed E-state index contributed by atoms with van der Waals surface area (Å²) in [5, 5.41) is 0. The van der Waals surface area contributed by atoms with Crippen LogP contribution in [0.5, 0.6) is 0 Å². The van der Waals surface area contributed by atoms with Crippen molar-refractivity contribution in [2.24, 2.45) is 4.99 Å². The van der Waals surface area contributed by atoms with Crippen molar-refractivity contribution in [3.8, 4) is 0 Å². The number of para-hydroxylation sites is 1. The number of esters is 1. The molecule has 5 heteroatoms. The summed E-state index contributed by atoms with van der Waals surface area (Å²) in [5.74, 6) is 0.111.